The van der Waals surface area contributed by atoms with Gasteiger partial charge in [-0.05, 0) is 12.1 Å². The van der Waals surface area contributed by atoms with Gasteiger partial charge in [0.15, 0.2) is 0 Å². The summed E-state index contributed by atoms with van der Waals surface area (Å²) in [6.07, 6.45) is 2.04. The molecule has 0 radical (unpaired) electrons. The minimum absolute atomic E-state index is 0. The molecular formula is C20H26IN3O. The van der Waals surface area contributed by atoms with Crippen molar-refractivity contribution in [3.05, 3.63) is 66.2 Å². The number of carbonyl (C=O) groups is 1. The van der Waals surface area contributed by atoms with Crippen LogP contribution in [0.4, 0.5) is 10.5 Å². The summed E-state index contributed by atoms with van der Waals surface area (Å²) in [4.78, 5) is 12.1. The summed E-state index contributed by atoms with van der Waals surface area (Å²) in [5.41, 5.74) is 2.21. The van der Waals surface area contributed by atoms with Gasteiger partial charge in [-0.2, -0.15) is 0 Å². The molecule has 1 aliphatic rings. The highest BCUT2D eigenvalue weighted by Gasteiger charge is 2.30. The lowest BCUT2D eigenvalue weighted by molar-refractivity contribution is -0.927. The van der Waals surface area contributed by atoms with Crippen LogP contribution in [0.3, 0.4) is 0 Å². The minimum atomic E-state index is -0.106. The lowest BCUT2D eigenvalue weighted by Gasteiger charge is -2.40. The van der Waals surface area contributed by atoms with Gasteiger partial charge >= 0.3 is 6.03 Å². The van der Waals surface area contributed by atoms with E-state index in [-0.39, 0.29) is 36.0 Å². The quantitative estimate of drug-likeness (QED) is 0.520. The van der Waals surface area contributed by atoms with E-state index >= 15 is 0 Å². The molecule has 25 heavy (non-hydrogen) atoms. The molecule has 0 unspecified atom stereocenters. The van der Waals surface area contributed by atoms with Crippen LogP contribution in [-0.4, -0.2) is 36.7 Å². The number of para-hydroxylation sites is 1. The predicted octanol–water partition coefficient (Wildman–Crippen LogP) is 0.621. The summed E-state index contributed by atoms with van der Waals surface area (Å²) >= 11 is 0. The van der Waals surface area contributed by atoms with Gasteiger partial charge in [0.05, 0.1) is 20.1 Å². The fraction of sp³-hybridized carbons (Fsp3) is 0.350. The molecule has 2 aromatic carbocycles. The van der Waals surface area contributed by atoms with Crippen LogP contribution in [0.2, 0.25) is 0 Å². The Labute approximate surface area is 167 Å². The molecule has 4 nitrogen and oxygen atoms in total. The Morgan fingerprint density at radius 2 is 1.56 bits per heavy atom. The van der Waals surface area contributed by atoms with Crippen molar-refractivity contribution >= 4 is 11.7 Å². The monoisotopic (exact) mass is 451 g/mol. The number of halogens is 1. The average Bonchev–Trinajstić information content (AvgIpc) is 2.59. The molecule has 2 aromatic rings. The minimum Gasteiger partial charge on any atom is -1.00 e. The van der Waals surface area contributed by atoms with Gasteiger partial charge in [-0.3, -0.25) is 0 Å². The number of amides is 2. The molecule has 1 saturated heterocycles. The maximum Gasteiger partial charge on any atom is 0.319 e. The number of hydrogen-bond acceptors (Lipinski definition) is 1. The highest BCUT2D eigenvalue weighted by atomic mass is 127. The number of benzene rings is 2. The standard InChI is InChI=1S/C20H25N3O.HI/c1-23(16-17-8-4-2-5-9-17)14-12-19(13-15-23)22-20(24)21-18-10-6-3-7-11-18;/h2-11,19H,12-16H2,1H3,(H-,21,22,24);1H. The van der Waals surface area contributed by atoms with Gasteiger partial charge in [0.1, 0.15) is 6.54 Å². The van der Waals surface area contributed by atoms with E-state index in [0.717, 1.165) is 42.6 Å². The highest BCUT2D eigenvalue weighted by molar-refractivity contribution is 5.89. The van der Waals surface area contributed by atoms with Crippen LogP contribution in [0.1, 0.15) is 18.4 Å². The van der Waals surface area contributed by atoms with Gasteiger partial charge in [-0.1, -0.05) is 48.5 Å². The molecule has 0 saturated carbocycles. The van der Waals surface area contributed by atoms with Gasteiger partial charge in [0, 0.05) is 30.1 Å². The number of hydrogen-bond donors (Lipinski definition) is 2. The largest absolute Gasteiger partial charge is 1.00 e. The Balaban J connectivity index is 0.00000225. The SMILES string of the molecule is C[N+]1(Cc2ccccc2)CCC(NC(=O)Nc2ccccc2)CC1.[I-]. The van der Waals surface area contributed by atoms with Crippen molar-refractivity contribution in [1.29, 1.82) is 0 Å². The lowest BCUT2D eigenvalue weighted by atomic mass is 10.0. The van der Waals surface area contributed by atoms with Crippen LogP contribution < -0.4 is 34.6 Å². The zero-order chi connectivity index (χ0) is 16.8. The fourth-order valence-electron chi connectivity index (χ4n) is 3.39. The molecule has 0 aromatic heterocycles. The molecule has 134 valence electrons. The Hall–Kier alpha value is -1.60. The summed E-state index contributed by atoms with van der Waals surface area (Å²) < 4.78 is 1.04. The number of nitrogens with zero attached hydrogens (tertiary/aromatic N) is 1. The van der Waals surface area contributed by atoms with Crippen molar-refractivity contribution in [2.75, 3.05) is 25.5 Å². The van der Waals surface area contributed by atoms with Crippen molar-refractivity contribution in [2.45, 2.75) is 25.4 Å². The molecule has 0 bridgehead atoms. The highest BCUT2D eigenvalue weighted by Crippen LogP contribution is 2.21. The third-order valence-electron chi connectivity index (χ3n) is 4.81. The third-order valence-corrected chi connectivity index (χ3v) is 4.81. The molecule has 3 rings (SSSR count). The third kappa shape index (κ3) is 6.01. The van der Waals surface area contributed by atoms with Crippen LogP contribution in [0, 0.1) is 0 Å². The molecule has 5 heteroatoms. The van der Waals surface area contributed by atoms with E-state index in [1.807, 2.05) is 30.3 Å². The first-order chi connectivity index (χ1) is 11.6. The first-order valence-electron chi connectivity index (χ1n) is 8.63. The maximum absolute atomic E-state index is 12.1. The number of quaternary nitrogens is 1. The Morgan fingerprint density at radius 3 is 2.16 bits per heavy atom. The van der Waals surface area contributed by atoms with E-state index in [1.54, 1.807) is 0 Å². The Kier molecular flexibility index (Phi) is 7.25. The normalized spacial score (nSPS) is 22.5. The summed E-state index contributed by atoms with van der Waals surface area (Å²) in [7, 11) is 2.31. The zero-order valence-electron chi connectivity index (χ0n) is 14.6. The smallest absolute Gasteiger partial charge is 0.319 e. The molecule has 2 amide bonds. The molecule has 1 fully saturated rings. The first kappa shape index (κ1) is 19.7. The summed E-state index contributed by atoms with van der Waals surface area (Å²) in [5, 5.41) is 6.00. The molecule has 1 heterocycles. The van der Waals surface area contributed by atoms with Crippen molar-refractivity contribution in [1.82, 2.24) is 5.32 Å². The second-order valence-electron chi connectivity index (χ2n) is 6.95. The van der Waals surface area contributed by atoms with Gasteiger partial charge < -0.3 is 39.1 Å². The van der Waals surface area contributed by atoms with Crippen LogP contribution in [0.5, 0.6) is 0 Å². The van der Waals surface area contributed by atoms with Crippen LogP contribution in [-0.2, 0) is 6.54 Å². The van der Waals surface area contributed by atoms with Gasteiger partial charge in [-0.15, -0.1) is 0 Å². The van der Waals surface area contributed by atoms with Gasteiger partial charge in [0.2, 0.25) is 0 Å². The Morgan fingerprint density at radius 1 is 1.00 bits per heavy atom. The van der Waals surface area contributed by atoms with Crippen LogP contribution in [0.25, 0.3) is 0 Å². The van der Waals surface area contributed by atoms with E-state index in [0.29, 0.717) is 0 Å². The molecular weight excluding hydrogens is 425 g/mol. The van der Waals surface area contributed by atoms with Crippen molar-refractivity contribution in [3.8, 4) is 0 Å². The summed E-state index contributed by atoms with van der Waals surface area (Å²) in [6.45, 7) is 3.24. The fourth-order valence-corrected chi connectivity index (χ4v) is 3.39. The molecule has 0 aliphatic carbocycles. The molecule has 1 aliphatic heterocycles. The second-order valence-corrected chi connectivity index (χ2v) is 6.95. The van der Waals surface area contributed by atoms with E-state index in [2.05, 4.69) is 48.0 Å². The van der Waals surface area contributed by atoms with Crippen molar-refractivity contribution < 1.29 is 33.3 Å². The lowest BCUT2D eigenvalue weighted by Crippen LogP contribution is -3.00. The average molecular weight is 451 g/mol. The molecule has 2 N–H and O–H groups in total. The Bertz CT molecular complexity index is 655. The van der Waals surface area contributed by atoms with Crippen molar-refractivity contribution in [2.24, 2.45) is 0 Å². The number of urea groups is 1. The van der Waals surface area contributed by atoms with Crippen molar-refractivity contribution in [3.63, 3.8) is 0 Å². The zero-order valence-corrected chi connectivity index (χ0v) is 16.8. The number of rotatable bonds is 4. The van der Waals surface area contributed by atoms with E-state index < -0.39 is 0 Å². The molecule has 0 spiro atoms. The number of carbonyl (C=O) groups excluding carboxylic acids is 1. The number of nitrogens with one attached hydrogen (secondary N) is 2. The second kappa shape index (κ2) is 9.20. The number of likely N-dealkylation sites (tertiary alicyclic amines) is 1. The van der Waals surface area contributed by atoms with E-state index in [9.17, 15) is 4.79 Å². The van der Waals surface area contributed by atoms with Gasteiger partial charge in [-0.25, -0.2) is 4.79 Å². The topological polar surface area (TPSA) is 41.1 Å². The van der Waals surface area contributed by atoms with E-state index in [4.69, 9.17) is 0 Å². The van der Waals surface area contributed by atoms with Crippen LogP contribution in [0.15, 0.2) is 60.7 Å². The number of anilines is 1. The predicted molar refractivity (Wildman–Crippen MR) is 97.7 cm³/mol. The van der Waals surface area contributed by atoms with Gasteiger partial charge in [0.25, 0.3) is 0 Å². The summed E-state index contributed by atoms with van der Waals surface area (Å²) in [5.74, 6) is 0. The van der Waals surface area contributed by atoms with Crippen LogP contribution >= 0.6 is 0 Å². The first-order valence-corrected chi connectivity index (χ1v) is 8.63. The van der Waals surface area contributed by atoms with E-state index in [1.165, 1.54) is 5.56 Å². The summed E-state index contributed by atoms with van der Waals surface area (Å²) in [6, 6.07) is 20.4. The molecule has 0 atom stereocenters. The maximum atomic E-state index is 12.1. The number of piperidine rings is 1.